The van der Waals surface area contributed by atoms with Gasteiger partial charge in [-0.2, -0.15) is 4.52 Å². The van der Waals surface area contributed by atoms with Gasteiger partial charge in [0.15, 0.2) is 11.5 Å². The lowest BCUT2D eigenvalue weighted by molar-refractivity contribution is -0.121. The largest absolute Gasteiger partial charge is 0.496 e. The van der Waals surface area contributed by atoms with E-state index in [4.69, 9.17) is 9.47 Å². The minimum Gasteiger partial charge on any atom is -0.496 e. The SMILES string of the molecule is COc1ccccc1-c1nnc2ccc(OCCNC(=O)CC(C)C)nn12. The third-order valence-electron chi connectivity index (χ3n) is 3.85. The van der Waals surface area contributed by atoms with E-state index in [1.54, 1.807) is 23.8 Å². The van der Waals surface area contributed by atoms with Crippen LogP contribution < -0.4 is 14.8 Å². The van der Waals surface area contributed by atoms with Crippen molar-refractivity contribution in [2.24, 2.45) is 5.92 Å². The zero-order valence-corrected chi connectivity index (χ0v) is 15.7. The fourth-order valence-corrected chi connectivity index (χ4v) is 2.64. The smallest absolute Gasteiger partial charge is 0.231 e. The predicted molar refractivity (Wildman–Crippen MR) is 101 cm³/mol. The van der Waals surface area contributed by atoms with Gasteiger partial charge >= 0.3 is 0 Å². The van der Waals surface area contributed by atoms with Crippen molar-refractivity contribution < 1.29 is 14.3 Å². The number of ether oxygens (including phenoxy) is 2. The lowest BCUT2D eigenvalue weighted by Crippen LogP contribution is -2.29. The lowest BCUT2D eigenvalue weighted by atomic mass is 10.1. The van der Waals surface area contributed by atoms with E-state index in [-0.39, 0.29) is 5.91 Å². The van der Waals surface area contributed by atoms with E-state index < -0.39 is 0 Å². The first kappa shape index (κ1) is 18.6. The van der Waals surface area contributed by atoms with Crippen LogP contribution in [0.5, 0.6) is 11.6 Å². The van der Waals surface area contributed by atoms with Gasteiger partial charge < -0.3 is 14.8 Å². The van der Waals surface area contributed by atoms with Crippen LogP contribution >= 0.6 is 0 Å². The summed E-state index contributed by atoms with van der Waals surface area (Å²) in [7, 11) is 1.61. The van der Waals surface area contributed by atoms with Gasteiger partial charge in [-0.1, -0.05) is 26.0 Å². The summed E-state index contributed by atoms with van der Waals surface area (Å²) in [6, 6.07) is 11.1. The lowest BCUT2D eigenvalue weighted by Gasteiger charge is -2.09. The van der Waals surface area contributed by atoms with Crippen molar-refractivity contribution in [1.29, 1.82) is 0 Å². The molecule has 0 unspecified atom stereocenters. The van der Waals surface area contributed by atoms with Gasteiger partial charge in [0.1, 0.15) is 12.4 Å². The summed E-state index contributed by atoms with van der Waals surface area (Å²) in [5.41, 5.74) is 1.39. The van der Waals surface area contributed by atoms with Crippen molar-refractivity contribution in [2.45, 2.75) is 20.3 Å². The molecule has 1 aromatic carbocycles. The average molecular weight is 369 g/mol. The van der Waals surface area contributed by atoms with Gasteiger partial charge in [-0.3, -0.25) is 4.79 Å². The second-order valence-electron chi connectivity index (χ2n) is 6.46. The molecule has 0 saturated carbocycles. The number of fused-ring (bicyclic) bond motifs is 1. The van der Waals surface area contributed by atoms with Gasteiger partial charge in [-0.05, 0) is 24.1 Å². The minimum absolute atomic E-state index is 0.0225. The van der Waals surface area contributed by atoms with Gasteiger partial charge in [-0.25, -0.2) is 0 Å². The molecular formula is C19H23N5O3. The Kier molecular flexibility index (Phi) is 5.85. The standard InChI is InChI=1S/C19H23N5O3/c1-13(2)12-17(25)20-10-11-27-18-9-8-16-21-22-19(24(16)23-18)14-6-4-5-7-15(14)26-3/h4-9,13H,10-12H2,1-3H3,(H,20,25). The van der Waals surface area contributed by atoms with E-state index in [0.717, 1.165) is 5.56 Å². The maximum Gasteiger partial charge on any atom is 0.231 e. The molecule has 2 aromatic heterocycles. The molecular weight excluding hydrogens is 346 g/mol. The van der Waals surface area contributed by atoms with Gasteiger partial charge in [0.05, 0.1) is 19.2 Å². The number of nitrogens with zero attached hydrogens (tertiary/aromatic N) is 4. The number of methoxy groups -OCH3 is 1. The Morgan fingerprint density at radius 3 is 2.78 bits per heavy atom. The highest BCUT2D eigenvalue weighted by Crippen LogP contribution is 2.28. The van der Waals surface area contributed by atoms with Gasteiger partial charge in [0.25, 0.3) is 0 Å². The second kappa shape index (κ2) is 8.48. The number of rotatable bonds is 8. The quantitative estimate of drug-likeness (QED) is 0.613. The van der Waals surface area contributed by atoms with E-state index in [0.29, 0.717) is 48.6 Å². The number of nitrogens with one attached hydrogen (secondary N) is 1. The summed E-state index contributed by atoms with van der Waals surface area (Å²) in [4.78, 5) is 11.7. The van der Waals surface area contributed by atoms with Crippen LogP contribution in [0.1, 0.15) is 20.3 Å². The predicted octanol–water partition coefficient (Wildman–Crippen LogP) is 2.34. The maximum atomic E-state index is 11.7. The van der Waals surface area contributed by atoms with Crippen molar-refractivity contribution in [2.75, 3.05) is 20.3 Å². The van der Waals surface area contributed by atoms with Crippen molar-refractivity contribution in [3.05, 3.63) is 36.4 Å². The molecule has 0 aliphatic rings. The number of amides is 1. The zero-order chi connectivity index (χ0) is 19.2. The van der Waals surface area contributed by atoms with Crippen LogP contribution in [-0.2, 0) is 4.79 Å². The number of para-hydroxylation sites is 1. The van der Waals surface area contributed by atoms with Crippen LogP contribution in [0.4, 0.5) is 0 Å². The molecule has 27 heavy (non-hydrogen) atoms. The molecule has 0 bridgehead atoms. The van der Waals surface area contributed by atoms with Crippen LogP contribution in [-0.4, -0.2) is 46.0 Å². The highest BCUT2D eigenvalue weighted by molar-refractivity contribution is 5.76. The number of carbonyl (C=O) groups excluding carboxylic acids is 1. The Labute approximate surface area is 157 Å². The Bertz CT molecular complexity index is 923. The molecule has 1 amide bonds. The number of aromatic nitrogens is 4. The number of hydrogen-bond acceptors (Lipinski definition) is 6. The number of hydrogen-bond donors (Lipinski definition) is 1. The highest BCUT2D eigenvalue weighted by Gasteiger charge is 2.14. The first-order chi connectivity index (χ1) is 13.1. The number of benzene rings is 1. The van der Waals surface area contributed by atoms with Gasteiger partial charge in [0, 0.05) is 12.5 Å². The zero-order valence-electron chi connectivity index (χ0n) is 15.7. The molecule has 3 aromatic rings. The van der Waals surface area contributed by atoms with Gasteiger partial charge in [0.2, 0.25) is 11.8 Å². The van der Waals surface area contributed by atoms with Crippen LogP contribution in [0.25, 0.3) is 17.0 Å². The summed E-state index contributed by atoms with van der Waals surface area (Å²) < 4.78 is 12.7. The molecule has 8 heteroatoms. The minimum atomic E-state index is 0.0225. The molecule has 0 spiro atoms. The van der Waals surface area contributed by atoms with Crippen molar-refractivity contribution in [3.8, 4) is 23.0 Å². The van der Waals surface area contributed by atoms with Crippen LogP contribution in [0.3, 0.4) is 0 Å². The molecule has 0 radical (unpaired) electrons. The molecule has 3 rings (SSSR count). The monoisotopic (exact) mass is 369 g/mol. The summed E-state index contributed by atoms with van der Waals surface area (Å²) in [5.74, 6) is 2.04. The average Bonchev–Trinajstić information content (AvgIpc) is 3.07. The number of carbonyl (C=O) groups is 1. The van der Waals surface area contributed by atoms with E-state index >= 15 is 0 Å². The molecule has 0 atom stereocenters. The van der Waals surface area contributed by atoms with E-state index in [1.165, 1.54) is 0 Å². The highest BCUT2D eigenvalue weighted by atomic mass is 16.5. The molecule has 8 nitrogen and oxygen atoms in total. The van der Waals surface area contributed by atoms with Crippen molar-refractivity contribution in [3.63, 3.8) is 0 Å². The van der Waals surface area contributed by atoms with Crippen LogP contribution in [0, 0.1) is 5.92 Å². The van der Waals surface area contributed by atoms with Crippen molar-refractivity contribution in [1.82, 2.24) is 25.1 Å². The Morgan fingerprint density at radius 1 is 1.19 bits per heavy atom. The third kappa shape index (κ3) is 4.52. The second-order valence-corrected chi connectivity index (χ2v) is 6.46. The fraction of sp³-hybridized carbons (Fsp3) is 0.368. The molecule has 0 saturated heterocycles. The van der Waals surface area contributed by atoms with E-state index in [1.807, 2.05) is 38.1 Å². The molecule has 142 valence electrons. The summed E-state index contributed by atoms with van der Waals surface area (Å²) in [6.07, 6.45) is 0.507. The Hall–Kier alpha value is -3.16. The maximum absolute atomic E-state index is 11.7. The molecule has 0 aliphatic carbocycles. The topological polar surface area (TPSA) is 90.6 Å². The Balaban J connectivity index is 1.71. The van der Waals surface area contributed by atoms with Crippen molar-refractivity contribution >= 4 is 11.6 Å². The van der Waals surface area contributed by atoms with E-state index in [9.17, 15) is 4.79 Å². The van der Waals surface area contributed by atoms with Crippen LogP contribution in [0.2, 0.25) is 0 Å². The normalized spacial score (nSPS) is 11.0. The summed E-state index contributed by atoms with van der Waals surface area (Å²) in [5, 5.41) is 15.6. The molecule has 1 N–H and O–H groups in total. The first-order valence-corrected chi connectivity index (χ1v) is 8.84. The third-order valence-corrected chi connectivity index (χ3v) is 3.85. The molecule has 2 heterocycles. The fourth-order valence-electron chi connectivity index (χ4n) is 2.64. The Morgan fingerprint density at radius 2 is 2.00 bits per heavy atom. The molecule has 0 aliphatic heterocycles. The summed E-state index contributed by atoms with van der Waals surface area (Å²) >= 11 is 0. The van der Waals surface area contributed by atoms with Crippen LogP contribution in [0.15, 0.2) is 36.4 Å². The summed E-state index contributed by atoms with van der Waals surface area (Å²) in [6.45, 7) is 4.77. The first-order valence-electron chi connectivity index (χ1n) is 8.84. The van der Waals surface area contributed by atoms with Gasteiger partial charge in [-0.15, -0.1) is 15.3 Å². The van der Waals surface area contributed by atoms with E-state index in [2.05, 4.69) is 20.6 Å². The molecule has 0 fully saturated rings.